The average Bonchev–Trinajstić information content (AvgIpc) is 2.62. The fourth-order valence-electron chi connectivity index (χ4n) is 2.42. The molecular weight excluding hydrogens is 392 g/mol. The Balaban J connectivity index is 2.17. The maximum atomic E-state index is 12.2. The van der Waals surface area contributed by atoms with Crippen LogP contribution in [0.1, 0.15) is 39.2 Å². The summed E-state index contributed by atoms with van der Waals surface area (Å²) >= 11 is 0. The average molecular weight is 427 g/mol. The lowest BCUT2D eigenvalue weighted by molar-refractivity contribution is 0.0527. The third kappa shape index (κ3) is 12.7. The Bertz CT molecular complexity index is 743. The van der Waals surface area contributed by atoms with E-state index in [4.69, 9.17) is 4.74 Å². The molecule has 0 saturated heterocycles. The van der Waals surface area contributed by atoms with E-state index >= 15 is 0 Å². The first kappa shape index (κ1) is 24.7. The molecule has 0 bridgehead atoms. The monoisotopic (exact) mass is 426 g/mol. The molecule has 0 radical (unpaired) electrons. The zero-order valence-electron chi connectivity index (χ0n) is 17.8. The fraction of sp³-hybridized carbons (Fsp3) is 0.600. The summed E-state index contributed by atoms with van der Waals surface area (Å²) in [6.45, 7) is 7.05. The molecule has 0 aliphatic heterocycles. The van der Waals surface area contributed by atoms with Crippen LogP contribution in [0.5, 0.6) is 0 Å². The number of sulfone groups is 1. The summed E-state index contributed by atoms with van der Waals surface area (Å²) in [7, 11) is -1.48. The van der Waals surface area contributed by atoms with Gasteiger partial charge in [0.2, 0.25) is 0 Å². The summed E-state index contributed by atoms with van der Waals surface area (Å²) in [5.74, 6) is 0.777. The van der Waals surface area contributed by atoms with E-state index in [1.807, 2.05) is 51.1 Å². The molecule has 0 aliphatic rings. The maximum absolute atomic E-state index is 12.2. The van der Waals surface area contributed by atoms with Gasteiger partial charge in [0.1, 0.15) is 5.60 Å². The van der Waals surface area contributed by atoms with Crippen molar-refractivity contribution in [1.29, 1.82) is 0 Å². The van der Waals surface area contributed by atoms with E-state index < -0.39 is 21.5 Å². The van der Waals surface area contributed by atoms with Crippen LogP contribution in [0.2, 0.25) is 0 Å². The topological polar surface area (TPSA) is 109 Å². The predicted molar refractivity (Wildman–Crippen MR) is 117 cm³/mol. The molecule has 1 aromatic carbocycles. The number of ether oxygens (including phenoxy) is 1. The second-order valence-electron chi connectivity index (χ2n) is 7.64. The molecule has 164 valence electrons. The summed E-state index contributed by atoms with van der Waals surface area (Å²) in [6.07, 6.45) is 0.762. The highest BCUT2D eigenvalue weighted by molar-refractivity contribution is 7.90. The number of nitrogens with zero attached hydrogens (tertiary/aromatic N) is 1. The number of guanidine groups is 1. The van der Waals surface area contributed by atoms with Gasteiger partial charge in [-0.2, -0.15) is 0 Å². The first-order chi connectivity index (χ1) is 13.6. The summed E-state index contributed by atoms with van der Waals surface area (Å²) in [5.41, 5.74) is 0.293. The van der Waals surface area contributed by atoms with Gasteiger partial charge in [-0.25, -0.2) is 13.2 Å². The zero-order valence-corrected chi connectivity index (χ0v) is 18.6. The molecule has 0 saturated carbocycles. The van der Waals surface area contributed by atoms with Crippen LogP contribution in [0.25, 0.3) is 0 Å². The Labute approximate surface area is 174 Å². The summed E-state index contributed by atoms with van der Waals surface area (Å²) < 4.78 is 29.5. The molecular formula is C20H34N4O4S. The van der Waals surface area contributed by atoms with Gasteiger partial charge in [-0.1, -0.05) is 30.3 Å². The first-order valence-corrected chi connectivity index (χ1v) is 11.6. The fourth-order valence-corrected chi connectivity index (χ4v) is 3.85. The second kappa shape index (κ2) is 12.3. The Kier molecular flexibility index (Phi) is 10.5. The van der Waals surface area contributed by atoms with Gasteiger partial charge in [0.05, 0.1) is 11.5 Å². The number of alkyl carbamates (subject to hydrolysis) is 1. The van der Waals surface area contributed by atoms with E-state index in [1.165, 1.54) is 0 Å². The minimum atomic E-state index is -3.14. The number of hydrogen-bond acceptors (Lipinski definition) is 5. The normalized spacial score (nSPS) is 12.3. The predicted octanol–water partition coefficient (Wildman–Crippen LogP) is 2.07. The van der Waals surface area contributed by atoms with Crippen LogP contribution < -0.4 is 16.0 Å². The van der Waals surface area contributed by atoms with Crippen molar-refractivity contribution in [3.63, 3.8) is 0 Å². The molecule has 0 aliphatic carbocycles. The first-order valence-electron chi connectivity index (χ1n) is 9.77. The van der Waals surface area contributed by atoms with Crippen LogP contribution in [0.3, 0.4) is 0 Å². The van der Waals surface area contributed by atoms with Crippen molar-refractivity contribution in [3.8, 4) is 0 Å². The van der Waals surface area contributed by atoms with Gasteiger partial charge < -0.3 is 20.7 Å². The maximum Gasteiger partial charge on any atom is 0.407 e. The molecule has 9 heteroatoms. The van der Waals surface area contributed by atoms with Crippen molar-refractivity contribution >= 4 is 21.9 Å². The van der Waals surface area contributed by atoms with Crippen LogP contribution in [-0.2, 0) is 20.3 Å². The number of carbonyl (C=O) groups is 1. The molecule has 1 aromatic rings. The number of aliphatic imine (C=N–C) groups is 1. The van der Waals surface area contributed by atoms with Gasteiger partial charge in [0.15, 0.2) is 15.8 Å². The van der Waals surface area contributed by atoms with E-state index in [0.29, 0.717) is 38.4 Å². The molecule has 0 fully saturated rings. The van der Waals surface area contributed by atoms with Crippen molar-refractivity contribution in [3.05, 3.63) is 35.9 Å². The van der Waals surface area contributed by atoms with Crippen LogP contribution in [0.15, 0.2) is 35.3 Å². The lowest BCUT2D eigenvalue weighted by Gasteiger charge is -2.19. The van der Waals surface area contributed by atoms with E-state index in [1.54, 1.807) is 7.05 Å². The molecule has 0 atom stereocenters. The highest BCUT2D eigenvalue weighted by atomic mass is 32.2. The van der Waals surface area contributed by atoms with Crippen LogP contribution in [0, 0.1) is 0 Å². The van der Waals surface area contributed by atoms with E-state index in [-0.39, 0.29) is 11.5 Å². The highest BCUT2D eigenvalue weighted by Crippen LogP contribution is 2.07. The number of amides is 1. The van der Waals surface area contributed by atoms with E-state index in [2.05, 4.69) is 20.9 Å². The van der Waals surface area contributed by atoms with Gasteiger partial charge in [-0.05, 0) is 39.2 Å². The third-order valence-electron chi connectivity index (χ3n) is 3.69. The van der Waals surface area contributed by atoms with Crippen LogP contribution in [-0.4, -0.2) is 58.5 Å². The molecule has 0 aromatic heterocycles. The lowest BCUT2D eigenvalue weighted by atomic mass is 10.2. The minimum Gasteiger partial charge on any atom is -0.444 e. The Morgan fingerprint density at radius 3 is 2.17 bits per heavy atom. The van der Waals surface area contributed by atoms with Crippen molar-refractivity contribution in [1.82, 2.24) is 16.0 Å². The van der Waals surface area contributed by atoms with Gasteiger partial charge in [-0.3, -0.25) is 4.99 Å². The molecule has 0 heterocycles. The number of carbonyl (C=O) groups excluding carboxylic acids is 1. The molecule has 1 rings (SSSR count). The molecule has 29 heavy (non-hydrogen) atoms. The Morgan fingerprint density at radius 2 is 1.59 bits per heavy atom. The quantitative estimate of drug-likeness (QED) is 0.300. The van der Waals surface area contributed by atoms with Crippen molar-refractivity contribution in [2.24, 2.45) is 4.99 Å². The zero-order chi connectivity index (χ0) is 21.8. The summed E-state index contributed by atoms with van der Waals surface area (Å²) in [6, 6.07) is 9.18. The van der Waals surface area contributed by atoms with Crippen LogP contribution >= 0.6 is 0 Å². The van der Waals surface area contributed by atoms with Crippen molar-refractivity contribution in [2.75, 3.05) is 32.4 Å². The molecule has 0 unspecified atom stereocenters. The molecule has 3 N–H and O–H groups in total. The summed E-state index contributed by atoms with van der Waals surface area (Å²) in [5, 5.41) is 8.92. The third-order valence-corrected chi connectivity index (χ3v) is 5.38. The Hall–Kier alpha value is -2.29. The van der Waals surface area contributed by atoms with Crippen LogP contribution in [0.4, 0.5) is 4.79 Å². The lowest BCUT2D eigenvalue weighted by Crippen LogP contribution is -2.40. The minimum absolute atomic E-state index is 0.0610. The number of rotatable bonds is 10. The molecule has 1 amide bonds. The van der Waals surface area contributed by atoms with E-state index in [0.717, 1.165) is 5.56 Å². The summed E-state index contributed by atoms with van der Waals surface area (Å²) in [4.78, 5) is 15.6. The standard InChI is InChI=1S/C20H34N4O4S/c1-20(2,3)28-19(25)24-13-8-12-22-18(21-4)23-14-9-15-29(26,27)16-17-10-6-5-7-11-17/h5-7,10-11H,8-9,12-16H2,1-4H3,(H,24,25)(H2,21,22,23). The number of hydrogen-bond donors (Lipinski definition) is 3. The van der Waals surface area contributed by atoms with Gasteiger partial charge in [0, 0.05) is 26.7 Å². The highest BCUT2D eigenvalue weighted by Gasteiger charge is 2.15. The van der Waals surface area contributed by atoms with Gasteiger partial charge in [-0.15, -0.1) is 0 Å². The van der Waals surface area contributed by atoms with Crippen molar-refractivity contribution < 1.29 is 17.9 Å². The smallest absolute Gasteiger partial charge is 0.407 e. The SMILES string of the molecule is CN=C(NCCCNC(=O)OC(C)(C)C)NCCCS(=O)(=O)Cc1ccccc1. The van der Waals surface area contributed by atoms with Gasteiger partial charge in [0.25, 0.3) is 0 Å². The Morgan fingerprint density at radius 1 is 1.00 bits per heavy atom. The second-order valence-corrected chi connectivity index (χ2v) is 9.82. The number of nitrogens with one attached hydrogen (secondary N) is 3. The van der Waals surface area contributed by atoms with Gasteiger partial charge >= 0.3 is 6.09 Å². The largest absolute Gasteiger partial charge is 0.444 e. The van der Waals surface area contributed by atoms with Crippen molar-refractivity contribution in [2.45, 2.75) is 45.0 Å². The molecule has 8 nitrogen and oxygen atoms in total. The number of benzene rings is 1. The van der Waals surface area contributed by atoms with E-state index in [9.17, 15) is 13.2 Å². The molecule has 0 spiro atoms.